The van der Waals surface area contributed by atoms with Gasteiger partial charge in [0.1, 0.15) is 0 Å². The molecule has 0 spiro atoms. The smallest absolute Gasteiger partial charge is 0.0948 e. The molecule has 0 aliphatic carbocycles. The Morgan fingerprint density at radius 1 is 1.54 bits per heavy atom. The molecule has 1 aliphatic rings. The third-order valence-electron chi connectivity index (χ3n) is 2.61. The van der Waals surface area contributed by atoms with E-state index in [4.69, 9.17) is 4.74 Å². The van der Waals surface area contributed by atoms with E-state index in [1.165, 1.54) is 0 Å². The normalized spacial score (nSPS) is 31.2. The fourth-order valence-corrected chi connectivity index (χ4v) is 1.24. The summed E-state index contributed by atoms with van der Waals surface area (Å²) in [5.74, 6) is 0. The number of aliphatic hydroxyl groups excluding tert-OH is 1. The van der Waals surface area contributed by atoms with E-state index in [0.29, 0.717) is 19.3 Å². The molecule has 1 fully saturated rings. The van der Waals surface area contributed by atoms with Crippen molar-refractivity contribution in [1.82, 2.24) is 10.2 Å². The highest BCUT2D eigenvalue weighted by Gasteiger charge is 2.25. The molecule has 1 saturated heterocycles. The SMILES string of the molecule is CC(CNC1COCC1O)N(C)C. The molecule has 0 aromatic carbocycles. The Balaban J connectivity index is 2.18. The van der Waals surface area contributed by atoms with Crippen LogP contribution in [-0.2, 0) is 4.74 Å². The van der Waals surface area contributed by atoms with Gasteiger partial charge in [-0.2, -0.15) is 0 Å². The van der Waals surface area contributed by atoms with Gasteiger partial charge in [0.2, 0.25) is 0 Å². The van der Waals surface area contributed by atoms with Crippen molar-refractivity contribution in [2.24, 2.45) is 0 Å². The van der Waals surface area contributed by atoms with Crippen LogP contribution in [0.15, 0.2) is 0 Å². The Kier molecular flexibility index (Phi) is 4.12. The first-order valence-electron chi connectivity index (χ1n) is 4.77. The molecule has 3 atom stereocenters. The van der Waals surface area contributed by atoms with Gasteiger partial charge in [0, 0.05) is 12.6 Å². The van der Waals surface area contributed by atoms with Crippen molar-refractivity contribution in [3.63, 3.8) is 0 Å². The number of likely N-dealkylation sites (N-methyl/N-ethyl adjacent to an activating group) is 1. The standard InChI is InChI=1S/C9H20N2O2/c1-7(11(2)3)4-10-8-5-13-6-9(8)12/h7-10,12H,4-6H2,1-3H3. The monoisotopic (exact) mass is 188 g/mol. The highest BCUT2D eigenvalue weighted by atomic mass is 16.5. The van der Waals surface area contributed by atoms with Crippen molar-refractivity contribution in [2.75, 3.05) is 33.9 Å². The van der Waals surface area contributed by atoms with E-state index >= 15 is 0 Å². The van der Waals surface area contributed by atoms with Gasteiger partial charge in [0.15, 0.2) is 0 Å². The Labute approximate surface area is 79.9 Å². The van der Waals surface area contributed by atoms with E-state index in [-0.39, 0.29) is 12.1 Å². The third-order valence-corrected chi connectivity index (χ3v) is 2.61. The lowest BCUT2D eigenvalue weighted by molar-refractivity contribution is 0.121. The molecule has 78 valence electrons. The lowest BCUT2D eigenvalue weighted by atomic mass is 10.2. The zero-order chi connectivity index (χ0) is 9.84. The van der Waals surface area contributed by atoms with E-state index in [0.717, 1.165) is 6.54 Å². The van der Waals surface area contributed by atoms with Crippen LogP contribution in [0.3, 0.4) is 0 Å². The zero-order valence-electron chi connectivity index (χ0n) is 8.66. The van der Waals surface area contributed by atoms with Gasteiger partial charge in [-0.1, -0.05) is 0 Å². The lowest BCUT2D eigenvalue weighted by Crippen LogP contribution is -2.45. The van der Waals surface area contributed by atoms with Crippen molar-refractivity contribution >= 4 is 0 Å². The summed E-state index contributed by atoms with van der Waals surface area (Å²) >= 11 is 0. The van der Waals surface area contributed by atoms with E-state index in [1.54, 1.807) is 0 Å². The highest BCUT2D eigenvalue weighted by molar-refractivity contribution is 4.81. The zero-order valence-corrected chi connectivity index (χ0v) is 8.66. The quantitative estimate of drug-likeness (QED) is 0.611. The van der Waals surface area contributed by atoms with Gasteiger partial charge in [0.25, 0.3) is 0 Å². The number of hydrogen-bond donors (Lipinski definition) is 2. The lowest BCUT2D eigenvalue weighted by Gasteiger charge is -2.23. The first-order chi connectivity index (χ1) is 6.11. The summed E-state index contributed by atoms with van der Waals surface area (Å²) in [5, 5.41) is 12.7. The molecular formula is C9H20N2O2. The minimum atomic E-state index is -0.339. The van der Waals surface area contributed by atoms with Gasteiger partial charge < -0.3 is 20.1 Å². The van der Waals surface area contributed by atoms with Crippen LogP contribution in [0.25, 0.3) is 0 Å². The maximum atomic E-state index is 9.44. The summed E-state index contributed by atoms with van der Waals surface area (Å²) in [4.78, 5) is 2.15. The number of rotatable bonds is 4. The number of nitrogens with zero attached hydrogens (tertiary/aromatic N) is 1. The Bertz CT molecular complexity index is 153. The van der Waals surface area contributed by atoms with E-state index in [1.807, 2.05) is 14.1 Å². The first-order valence-corrected chi connectivity index (χ1v) is 4.77. The largest absolute Gasteiger partial charge is 0.389 e. The molecule has 1 aliphatic heterocycles. The predicted octanol–water partition coefficient (Wildman–Crippen LogP) is -0.714. The van der Waals surface area contributed by atoms with Crippen molar-refractivity contribution in [2.45, 2.75) is 25.1 Å². The minimum absolute atomic E-state index is 0.113. The summed E-state index contributed by atoms with van der Waals surface area (Å²) in [5.41, 5.74) is 0. The third kappa shape index (κ3) is 3.23. The van der Waals surface area contributed by atoms with Crippen LogP contribution in [-0.4, -0.2) is 62.0 Å². The van der Waals surface area contributed by atoms with Crippen molar-refractivity contribution < 1.29 is 9.84 Å². The molecule has 0 aromatic heterocycles. The van der Waals surface area contributed by atoms with Gasteiger partial charge in [-0.3, -0.25) is 0 Å². The molecule has 4 nitrogen and oxygen atoms in total. The molecule has 13 heavy (non-hydrogen) atoms. The minimum Gasteiger partial charge on any atom is -0.389 e. The molecule has 0 amide bonds. The molecular weight excluding hydrogens is 168 g/mol. The van der Waals surface area contributed by atoms with Crippen molar-refractivity contribution in [1.29, 1.82) is 0 Å². The molecule has 0 saturated carbocycles. The average Bonchev–Trinajstić information content (AvgIpc) is 2.47. The second kappa shape index (κ2) is 4.91. The number of aliphatic hydroxyl groups is 1. The second-order valence-corrected chi connectivity index (χ2v) is 3.93. The summed E-state index contributed by atoms with van der Waals surface area (Å²) in [7, 11) is 4.10. The first kappa shape index (κ1) is 10.9. The van der Waals surface area contributed by atoms with Gasteiger partial charge in [0.05, 0.1) is 25.4 Å². The van der Waals surface area contributed by atoms with Crippen LogP contribution in [0.4, 0.5) is 0 Å². The molecule has 4 heteroatoms. The molecule has 2 N–H and O–H groups in total. The van der Waals surface area contributed by atoms with E-state index < -0.39 is 0 Å². The molecule has 3 unspecified atom stereocenters. The maximum Gasteiger partial charge on any atom is 0.0948 e. The fourth-order valence-electron chi connectivity index (χ4n) is 1.24. The second-order valence-electron chi connectivity index (χ2n) is 3.93. The Morgan fingerprint density at radius 2 is 2.23 bits per heavy atom. The van der Waals surface area contributed by atoms with Gasteiger partial charge in [-0.15, -0.1) is 0 Å². The fraction of sp³-hybridized carbons (Fsp3) is 1.00. The van der Waals surface area contributed by atoms with Crippen molar-refractivity contribution in [3.05, 3.63) is 0 Å². The summed E-state index contributed by atoms with van der Waals surface area (Å²) in [6.07, 6.45) is -0.339. The summed E-state index contributed by atoms with van der Waals surface area (Å²) < 4.78 is 5.14. The number of ether oxygens (including phenoxy) is 1. The van der Waals surface area contributed by atoms with Crippen LogP contribution < -0.4 is 5.32 Å². The highest BCUT2D eigenvalue weighted by Crippen LogP contribution is 2.05. The van der Waals surface area contributed by atoms with Crippen molar-refractivity contribution in [3.8, 4) is 0 Å². The van der Waals surface area contributed by atoms with Crippen LogP contribution in [0.5, 0.6) is 0 Å². The number of hydrogen-bond acceptors (Lipinski definition) is 4. The summed E-state index contributed by atoms with van der Waals surface area (Å²) in [6, 6.07) is 0.593. The van der Waals surface area contributed by atoms with Crippen LogP contribution in [0.2, 0.25) is 0 Å². The maximum absolute atomic E-state index is 9.44. The van der Waals surface area contributed by atoms with Gasteiger partial charge >= 0.3 is 0 Å². The van der Waals surface area contributed by atoms with Gasteiger partial charge in [-0.25, -0.2) is 0 Å². The Morgan fingerprint density at radius 3 is 2.69 bits per heavy atom. The average molecular weight is 188 g/mol. The van der Waals surface area contributed by atoms with Crippen LogP contribution in [0.1, 0.15) is 6.92 Å². The summed E-state index contributed by atoms with van der Waals surface area (Å²) in [6.45, 7) is 4.13. The van der Waals surface area contributed by atoms with E-state index in [9.17, 15) is 5.11 Å². The van der Waals surface area contributed by atoms with Gasteiger partial charge in [-0.05, 0) is 21.0 Å². The molecule has 1 heterocycles. The Hall–Kier alpha value is -0.160. The van der Waals surface area contributed by atoms with Crippen LogP contribution >= 0.6 is 0 Å². The predicted molar refractivity (Wildman–Crippen MR) is 51.8 cm³/mol. The van der Waals surface area contributed by atoms with E-state index in [2.05, 4.69) is 17.1 Å². The molecule has 1 rings (SSSR count). The molecule has 0 radical (unpaired) electrons. The molecule has 0 bridgehead atoms. The van der Waals surface area contributed by atoms with Crippen LogP contribution in [0, 0.1) is 0 Å². The number of nitrogens with one attached hydrogen (secondary N) is 1. The molecule has 0 aromatic rings. The topological polar surface area (TPSA) is 44.7 Å².